The number of aromatic nitrogens is 2. The second-order valence-corrected chi connectivity index (χ2v) is 8.75. The SMILES string of the molecule is Cn1cc([C@@H]2N(C(=O)CCN3CCCCC3=O)CC[C@]23C(=O)Nc2ccccc23)cn1. The summed E-state index contributed by atoms with van der Waals surface area (Å²) in [5.41, 5.74) is 1.79. The number of nitrogens with one attached hydrogen (secondary N) is 1. The van der Waals surface area contributed by atoms with Crippen molar-refractivity contribution in [3.8, 4) is 0 Å². The van der Waals surface area contributed by atoms with E-state index in [1.54, 1.807) is 15.8 Å². The lowest BCUT2D eigenvalue weighted by atomic mass is 9.73. The van der Waals surface area contributed by atoms with Crippen LogP contribution in [0, 0.1) is 0 Å². The van der Waals surface area contributed by atoms with Crippen LogP contribution in [0.25, 0.3) is 0 Å². The molecular weight excluding hydrogens is 394 g/mol. The van der Waals surface area contributed by atoms with Crippen LogP contribution in [0.5, 0.6) is 0 Å². The van der Waals surface area contributed by atoms with Crippen LogP contribution in [0.3, 0.4) is 0 Å². The van der Waals surface area contributed by atoms with Gasteiger partial charge in [-0.2, -0.15) is 5.10 Å². The lowest BCUT2D eigenvalue weighted by Crippen LogP contribution is -2.43. The van der Waals surface area contributed by atoms with E-state index in [4.69, 9.17) is 0 Å². The molecular formula is C23H27N5O3. The van der Waals surface area contributed by atoms with E-state index in [0.717, 1.165) is 36.2 Å². The standard InChI is InChI=1S/C23H27N5O3/c1-26-15-16(14-24-26)21-23(17-6-2-3-7-18(17)25-22(23)31)10-13-28(21)20(30)9-12-27-11-5-4-8-19(27)29/h2-3,6-7,14-15,21H,4-5,8-13H2,1H3,(H,25,31)/t21-,23+/m0/s1. The number of piperidine rings is 1. The first kappa shape index (κ1) is 19.8. The van der Waals surface area contributed by atoms with Crippen LogP contribution in [0.4, 0.5) is 5.69 Å². The van der Waals surface area contributed by atoms with Crippen molar-refractivity contribution in [3.63, 3.8) is 0 Å². The highest BCUT2D eigenvalue weighted by Gasteiger charge is 2.59. The Morgan fingerprint density at radius 1 is 1.23 bits per heavy atom. The Bertz CT molecular complexity index is 1050. The maximum atomic E-state index is 13.4. The summed E-state index contributed by atoms with van der Waals surface area (Å²) in [5, 5.41) is 7.34. The largest absolute Gasteiger partial charge is 0.342 e. The van der Waals surface area contributed by atoms with E-state index in [1.165, 1.54) is 0 Å². The van der Waals surface area contributed by atoms with Gasteiger partial charge in [-0.1, -0.05) is 18.2 Å². The molecule has 2 saturated heterocycles. The van der Waals surface area contributed by atoms with E-state index in [1.807, 2.05) is 42.4 Å². The number of aryl methyl sites for hydroxylation is 1. The average Bonchev–Trinajstić information content (AvgIpc) is 3.44. The number of carbonyl (C=O) groups excluding carboxylic acids is 3. The molecule has 1 aromatic heterocycles. The van der Waals surface area contributed by atoms with E-state index in [9.17, 15) is 14.4 Å². The first-order chi connectivity index (χ1) is 15.0. The summed E-state index contributed by atoms with van der Waals surface area (Å²) < 4.78 is 1.70. The summed E-state index contributed by atoms with van der Waals surface area (Å²) in [5.74, 6) is 0.0372. The summed E-state index contributed by atoms with van der Waals surface area (Å²) in [4.78, 5) is 42.5. The molecule has 0 aliphatic carbocycles. The summed E-state index contributed by atoms with van der Waals surface area (Å²) >= 11 is 0. The predicted octanol–water partition coefficient (Wildman–Crippen LogP) is 1.99. The normalized spacial score (nSPS) is 25.3. The van der Waals surface area contributed by atoms with E-state index < -0.39 is 11.5 Å². The van der Waals surface area contributed by atoms with Gasteiger partial charge in [0.15, 0.2) is 0 Å². The number of hydrogen-bond donors (Lipinski definition) is 1. The molecule has 0 bridgehead atoms. The van der Waals surface area contributed by atoms with Crippen LogP contribution in [0.2, 0.25) is 0 Å². The Kier molecular flexibility index (Phi) is 4.79. The number of benzene rings is 1. The summed E-state index contributed by atoms with van der Waals surface area (Å²) in [6, 6.07) is 7.32. The molecule has 1 spiro atoms. The zero-order chi connectivity index (χ0) is 21.6. The first-order valence-electron chi connectivity index (χ1n) is 11.0. The lowest BCUT2D eigenvalue weighted by molar-refractivity contribution is -0.136. The maximum Gasteiger partial charge on any atom is 0.237 e. The first-order valence-corrected chi connectivity index (χ1v) is 11.0. The highest BCUT2D eigenvalue weighted by Crippen LogP contribution is 2.54. The fourth-order valence-corrected chi connectivity index (χ4v) is 5.47. The van der Waals surface area contributed by atoms with Crippen LogP contribution in [0.15, 0.2) is 36.7 Å². The maximum absolute atomic E-state index is 13.4. The van der Waals surface area contributed by atoms with Gasteiger partial charge >= 0.3 is 0 Å². The van der Waals surface area contributed by atoms with Crippen LogP contribution in [-0.4, -0.2) is 56.9 Å². The zero-order valence-corrected chi connectivity index (χ0v) is 17.7. The molecule has 0 saturated carbocycles. The van der Waals surface area contributed by atoms with Gasteiger partial charge in [-0.05, 0) is 30.9 Å². The minimum absolute atomic E-state index is 0.0266. The summed E-state index contributed by atoms with van der Waals surface area (Å²) in [6.45, 7) is 1.65. The molecule has 4 heterocycles. The number of likely N-dealkylation sites (tertiary alicyclic amines) is 2. The molecule has 3 amide bonds. The Morgan fingerprint density at radius 2 is 2.06 bits per heavy atom. The van der Waals surface area contributed by atoms with Crippen molar-refractivity contribution in [1.82, 2.24) is 19.6 Å². The lowest BCUT2D eigenvalue weighted by Gasteiger charge is -2.34. The Balaban J connectivity index is 1.46. The molecule has 8 nitrogen and oxygen atoms in total. The molecule has 8 heteroatoms. The fourth-order valence-electron chi connectivity index (χ4n) is 5.47. The number of hydrogen-bond acceptors (Lipinski definition) is 4. The van der Waals surface area contributed by atoms with Gasteiger partial charge in [0.2, 0.25) is 17.7 Å². The van der Waals surface area contributed by atoms with Crippen molar-refractivity contribution in [2.24, 2.45) is 7.05 Å². The van der Waals surface area contributed by atoms with E-state index in [0.29, 0.717) is 25.9 Å². The topological polar surface area (TPSA) is 87.5 Å². The highest BCUT2D eigenvalue weighted by molar-refractivity contribution is 6.07. The molecule has 1 N–H and O–H groups in total. The van der Waals surface area contributed by atoms with Crippen LogP contribution in [0.1, 0.15) is 49.3 Å². The van der Waals surface area contributed by atoms with Gasteiger partial charge in [0.25, 0.3) is 0 Å². The van der Waals surface area contributed by atoms with E-state index >= 15 is 0 Å². The van der Waals surface area contributed by atoms with Gasteiger partial charge in [-0.3, -0.25) is 19.1 Å². The number of rotatable bonds is 4. The second-order valence-electron chi connectivity index (χ2n) is 8.75. The number of fused-ring (bicyclic) bond motifs is 2. The molecule has 1 aromatic carbocycles. The van der Waals surface area contributed by atoms with Gasteiger partial charge in [-0.15, -0.1) is 0 Å². The molecule has 3 aliphatic rings. The number of nitrogens with zero attached hydrogens (tertiary/aromatic N) is 4. The van der Waals surface area contributed by atoms with Crippen molar-refractivity contribution in [1.29, 1.82) is 0 Å². The number of carbonyl (C=O) groups is 3. The Hall–Kier alpha value is -3.16. The number of para-hydroxylation sites is 1. The number of amides is 3. The van der Waals surface area contributed by atoms with Gasteiger partial charge in [-0.25, -0.2) is 0 Å². The third kappa shape index (κ3) is 3.12. The van der Waals surface area contributed by atoms with Gasteiger partial charge in [0.05, 0.1) is 12.2 Å². The summed E-state index contributed by atoms with van der Waals surface area (Å²) in [7, 11) is 1.84. The zero-order valence-electron chi connectivity index (χ0n) is 17.7. The molecule has 31 heavy (non-hydrogen) atoms. The van der Waals surface area contributed by atoms with Crippen LogP contribution >= 0.6 is 0 Å². The minimum atomic E-state index is -0.823. The quantitative estimate of drug-likeness (QED) is 0.818. The van der Waals surface area contributed by atoms with Gasteiger partial charge in [0.1, 0.15) is 5.41 Å². The third-order valence-corrected chi connectivity index (χ3v) is 6.96. The number of anilines is 1. The second kappa shape index (κ2) is 7.51. The van der Waals surface area contributed by atoms with Crippen LogP contribution < -0.4 is 5.32 Å². The monoisotopic (exact) mass is 421 g/mol. The molecule has 0 radical (unpaired) electrons. The van der Waals surface area contributed by atoms with Gasteiger partial charge in [0, 0.05) is 57.0 Å². The third-order valence-electron chi connectivity index (χ3n) is 6.96. The molecule has 2 atom stereocenters. The fraction of sp³-hybridized carbons (Fsp3) is 0.478. The van der Waals surface area contributed by atoms with Crippen LogP contribution in [-0.2, 0) is 26.8 Å². The molecule has 2 fully saturated rings. The molecule has 162 valence electrons. The molecule has 3 aliphatic heterocycles. The molecule has 5 rings (SSSR count). The highest BCUT2D eigenvalue weighted by atomic mass is 16.2. The average molecular weight is 422 g/mol. The Morgan fingerprint density at radius 3 is 2.84 bits per heavy atom. The van der Waals surface area contributed by atoms with Crippen molar-refractivity contribution < 1.29 is 14.4 Å². The van der Waals surface area contributed by atoms with E-state index in [2.05, 4.69) is 10.4 Å². The Labute approximate surface area is 181 Å². The molecule has 2 aromatic rings. The van der Waals surface area contributed by atoms with Crippen molar-refractivity contribution in [3.05, 3.63) is 47.8 Å². The molecule has 0 unspecified atom stereocenters. The van der Waals surface area contributed by atoms with Crippen molar-refractivity contribution in [2.75, 3.05) is 25.0 Å². The minimum Gasteiger partial charge on any atom is -0.342 e. The van der Waals surface area contributed by atoms with Crippen molar-refractivity contribution >= 4 is 23.4 Å². The van der Waals surface area contributed by atoms with Crippen molar-refractivity contribution in [2.45, 2.75) is 43.6 Å². The van der Waals surface area contributed by atoms with Gasteiger partial charge < -0.3 is 15.1 Å². The summed E-state index contributed by atoms with van der Waals surface area (Å²) in [6.07, 6.45) is 6.94. The van der Waals surface area contributed by atoms with E-state index in [-0.39, 0.29) is 24.1 Å². The smallest absolute Gasteiger partial charge is 0.237 e. The predicted molar refractivity (Wildman–Crippen MR) is 114 cm³/mol.